The molecule has 0 spiro atoms. The van der Waals surface area contributed by atoms with Crippen LogP contribution in [0.3, 0.4) is 0 Å². The molecule has 154 valence electrons. The number of aromatic nitrogens is 2. The third-order valence-corrected chi connectivity index (χ3v) is 5.46. The predicted octanol–water partition coefficient (Wildman–Crippen LogP) is 3.98. The summed E-state index contributed by atoms with van der Waals surface area (Å²) in [5.74, 6) is -0.189. The van der Waals surface area contributed by atoms with E-state index in [1.54, 1.807) is 30.5 Å². The van der Waals surface area contributed by atoms with E-state index in [1.807, 2.05) is 46.8 Å². The van der Waals surface area contributed by atoms with Crippen molar-refractivity contribution in [1.82, 2.24) is 14.7 Å². The first-order valence-electron chi connectivity index (χ1n) is 10.4. The first-order valence-corrected chi connectivity index (χ1v) is 10.4. The van der Waals surface area contributed by atoms with Crippen molar-refractivity contribution in [3.05, 3.63) is 83.2 Å². The topological polar surface area (TPSA) is 67.2 Å². The van der Waals surface area contributed by atoms with Crippen LogP contribution in [0.4, 0.5) is 5.69 Å². The van der Waals surface area contributed by atoms with Crippen molar-refractivity contribution in [3.63, 3.8) is 0 Å². The Hall–Kier alpha value is -3.41. The summed E-state index contributed by atoms with van der Waals surface area (Å²) in [6.07, 6.45) is 4.42. The molecule has 1 aromatic heterocycles. The van der Waals surface area contributed by atoms with Crippen molar-refractivity contribution in [1.29, 1.82) is 0 Å². The fourth-order valence-corrected chi connectivity index (χ4v) is 3.90. The van der Waals surface area contributed by atoms with Crippen LogP contribution in [0, 0.1) is 0 Å². The summed E-state index contributed by atoms with van der Waals surface area (Å²) < 4.78 is 1.87. The molecule has 6 nitrogen and oxygen atoms in total. The number of nitrogens with one attached hydrogen (secondary N) is 1. The lowest BCUT2D eigenvalue weighted by atomic mass is 10.1. The Labute approximate surface area is 176 Å². The number of amides is 2. The minimum Gasteiger partial charge on any atom is -0.339 e. The summed E-state index contributed by atoms with van der Waals surface area (Å²) in [6.45, 7) is 4.24. The number of anilines is 1. The summed E-state index contributed by atoms with van der Waals surface area (Å²) in [6, 6.07) is 17.2. The summed E-state index contributed by atoms with van der Waals surface area (Å²) in [5.41, 5.74) is 3.80. The molecule has 1 fully saturated rings. The lowest BCUT2D eigenvalue weighted by molar-refractivity contribution is 0.0792. The quantitative estimate of drug-likeness (QED) is 0.678. The van der Waals surface area contributed by atoms with Crippen molar-refractivity contribution >= 4 is 17.5 Å². The number of hydrogen-bond acceptors (Lipinski definition) is 3. The average molecular weight is 402 g/mol. The molecule has 1 saturated heterocycles. The van der Waals surface area contributed by atoms with Crippen LogP contribution in [0.25, 0.3) is 0 Å². The van der Waals surface area contributed by atoms with E-state index in [9.17, 15) is 9.59 Å². The van der Waals surface area contributed by atoms with Gasteiger partial charge < -0.3 is 10.2 Å². The van der Waals surface area contributed by atoms with Gasteiger partial charge in [-0.2, -0.15) is 5.10 Å². The number of carbonyl (C=O) groups excluding carboxylic acids is 2. The van der Waals surface area contributed by atoms with Gasteiger partial charge in [-0.1, -0.05) is 43.3 Å². The zero-order valence-corrected chi connectivity index (χ0v) is 17.2. The molecular weight excluding hydrogens is 376 g/mol. The highest BCUT2D eigenvalue weighted by Gasteiger charge is 2.20. The van der Waals surface area contributed by atoms with Crippen molar-refractivity contribution in [2.24, 2.45) is 0 Å². The van der Waals surface area contributed by atoms with E-state index in [0.717, 1.165) is 37.2 Å². The highest BCUT2D eigenvalue weighted by atomic mass is 16.2. The van der Waals surface area contributed by atoms with Crippen LogP contribution in [0.15, 0.2) is 60.8 Å². The van der Waals surface area contributed by atoms with Gasteiger partial charge in [0, 0.05) is 24.3 Å². The van der Waals surface area contributed by atoms with E-state index in [2.05, 4.69) is 10.4 Å². The molecule has 0 atom stereocenters. The Balaban J connectivity index is 1.50. The van der Waals surface area contributed by atoms with Gasteiger partial charge in [0.25, 0.3) is 11.8 Å². The molecule has 2 heterocycles. The molecule has 0 aliphatic carbocycles. The van der Waals surface area contributed by atoms with Crippen molar-refractivity contribution < 1.29 is 9.59 Å². The van der Waals surface area contributed by atoms with Crippen molar-refractivity contribution in [2.75, 3.05) is 18.4 Å². The van der Waals surface area contributed by atoms with Crippen LogP contribution < -0.4 is 5.32 Å². The number of hydrogen-bond donors (Lipinski definition) is 1. The van der Waals surface area contributed by atoms with Gasteiger partial charge in [-0.05, 0) is 43.0 Å². The van der Waals surface area contributed by atoms with E-state index >= 15 is 0 Å². The largest absolute Gasteiger partial charge is 0.339 e. The number of nitrogens with zero attached hydrogens (tertiary/aromatic N) is 3. The SMILES string of the molecule is CCc1c(C(=O)Nc2cccc(C(=O)N3CCCC3)c2)cnn1Cc1ccccc1. The Morgan fingerprint density at radius 3 is 2.53 bits per heavy atom. The van der Waals surface area contributed by atoms with Gasteiger partial charge in [-0.25, -0.2) is 0 Å². The second-order valence-corrected chi connectivity index (χ2v) is 7.54. The van der Waals surface area contributed by atoms with E-state index in [0.29, 0.717) is 29.8 Å². The van der Waals surface area contributed by atoms with Gasteiger partial charge >= 0.3 is 0 Å². The molecule has 2 aromatic carbocycles. The van der Waals surface area contributed by atoms with E-state index < -0.39 is 0 Å². The molecule has 1 N–H and O–H groups in total. The fourth-order valence-electron chi connectivity index (χ4n) is 3.90. The van der Waals surface area contributed by atoms with Gasteiger partial charge in [-0.15, -0.1) is 0 Å². The number of likely N-dealkylation sites (tertiary alicyclic amines) is 1. The lowest BCUT2D eigenvalue weighted by Crippen LogP contribution is -2.27. The molecule has 2 amide bonds. The number of carbonyl (C=O) groups is 2. The van der Waals surface area contributed by atoms with Gasteiger partial charge in [0.05, 0.1) is 24.0 Å². The van der Waals surface area contributed by atoms with Crippen molar-refractivity contribution in [3.8, 4) is 0 Å². The zero-order valence-electron chi connectivity index (χ0n) is 17.2. The van der Waals surface area contributed by atoms with Crippen LogP contribution in [0.1, 0.15) is 51.7 Å². The Kier molecular flexibility index (Phi) is 5.93. The standard InChI is InChI=1S/C24H26N4O2/c1-2-22-21(16-25-28(22)17-18-9-4-3-5-10-18)23(29)26-20-12-8-11-19(15-20)24(30)27-13-6-7-14-27/h3-5,8-12,15-16H,2,6-7,13-14,17H2,1H3,(H,26,29). The van der Waals surface area contributed by atoms with Crippen LogP contribution in [0.5, 0.6) is 0 Å². The zero-order chi connectivity index (χ0) is 20.9. The third kappa shape index (κ3) is 4.27. The van der Waals surface area contributed by atoms with Crippen LogP contribution in [0.2, 0.25) is 0 Å². The molecule has 1 aliphatic heterocycles. The fraction of sp³-hybridized carbons (Fsp3) is 0.292. The minimum absolute atomic E-state index is 0.0218. The minimum atomic E-state index is -0.211. The lowest BCUT2D eigenvalue weighted by Gasteiger charge is -2.16. The molecular formula is C24H26N4O2. The highest BCUT2D eigenvalue weighted by Crippen LogP contribution is 2.19. The first kappa shape index (κ1) is 19.9. The van der Waals surface area contributed by atoms with E-state index in [-0.39, 0.29) is 11.8 Å². The molecule has 4 rings (SSSR count). The molecule has 3 aromatic rings. The maximum absolute atomic E-state index is 12.9. The van der Waals surface area contributed by atoms with E-state index in [1.165, 1.54) is 0 Å². The molecule has 0 unspecified atom stereocenters. The highest BCUT2D eigenvalue weighted by molar-refractivity contribution is 6.05. The summed E-state index contributed by atoms with van der Waals surface area (Å²) in [5, 5.41) is 7.37. The first-order chi connectivity index (χ1) is 14.7. The Bertz CT molecular complexity index is 1040. The van der Waals surface area contributed by atoms with Crippen LogP contribution >= 0.6 is 0 Å². The normalized spacial score (nSPS) is 13.4. The Morgan fingerprint density at radius 1 is 1.03 bits per heavy atom. The Morgan fingerprint density at radius 2 is 1.80 bits per heavy atom. The third-order valence-electron chi connectivity index (χ3n) is 5.46. The van der Waals surface area contributed by atoms with Gasteiger partial charge in [0.15, 0.2) is 0 Å². The summed E-state index contributed by atoms with van der Waals surface area (Å²) in [7, 11) is 0. The van der Waals surface area contributed by atoms with Crippen LogP contribution in [-0.4, -0.2) is 39.6 Å². The number of benzene rings is 2. The second kappa shape index (κ2) is 8.95. The molecule has 30 heavy (non-hydrogen) atoms. The smallest absolute Gasteiger partial charge is 0.259 e. The molecule has 1 aliphatic rings. The van der Waals surface area contributed by atoms with Crippen LogP contribution in [-0.2, 0) is 13.0 Å². The molecule has 0 saturated carbocycles. The van der Waals surface area contributed by atoms with Gasteiger partial charge in [0.2, 0.25) is 0 Å². The second-order valence-electron chi connectivity index (χ2n) is 7.54. The monoisotopic (exact) mass is 402 g/mol. The maximum atomic E-state index is 12.9. The average Bonchev–Trinajstić information content (AvgIpc) is 3.44. The molecule has 0 radical (unpaired) electrons. The van der Waals surface area contributed by atoms with Gasteiger partial charge in [-0.3, -0.25) is 14.3 Å². The predicted molar refractivity (Wildman–Crippen MR) is 117 cm³/mol. The maximum Gasteiger partial charge on any atom is 0.259 e. The van der Waals surface area contributed by atoms with Crippen molar-refractivity contribution in [2.45, 2.75) is 32.7 Å². The van der Waals surface area contributed by atoms with E-state index in [4.69, 9.17) is 0 Å². The molecule has 6 heteroatoms. The number of rotatable bonds is 6. The molecule has 0 bridgehead atoms. The van der Waals surface area contributed by atoms with Gasteiger partial charge in [0.1, 0.15) is 0 Å². The summed E-state index contributed by atoms with van der Waals surface area (Å²) >= 11 is 0. The summed E-state index contributed by atoms with van der Waals surface area (Å²) in [4.78, 5) is 27.4.